The van der Waals surface area contributed by atoms with E-state index < -0.39 is 34.3 Å². The van der Waals surface area contributed by atoms with E-state index in [0.717, 1.165) is 22.0 Å². The summed E-state index contributed by atoms with van der Waals surface area (Å²) in [5.74, 6) is -1.58. The smallest absolute Gasteiger partial charge is 0.264 e. The topological polar surface area (TPSA) is 86.8 Å². The molecule has 0 aliphatic rings. The molecule has 0 aliphatic heterocycles. The molecule has 1 atom stereocenters. The molecule has 0 bridgehead atoms. The van der Waals surface area contributed by atoms with Gasteiger partial charge in [-0.05, 0) is 74.4 Å². The van der Waals surface area contributed by atoms with E-state index in [1.165, 1.54) is 35.2 Å². The number of aryl methyl sites for hydroxylation is 1. The van der Waals surface area contributed by atoms with Crippen molar-refractivity contribution in [3.05, 3.63) is 93.7 Å². The highest BCUT2D eigenvalue weighted by atomic mass is 35.5. The van der Waals surface area contributed by atoms with E-state index in [1.807, 2.05) is 6.92 Å². The molecule has 0 aromatic heterocycles. The zero-order valence-corrected chi connectivity index (χ0v) is 24.2. The largest absolute Gasteiger partial charge is 0.355 e. The maximum Gasteiger partial charge on any atom is 0.264 e. The predicted molar refractivity (Wildman–Crippen MR) is 152 cm³/mol. The molecule has 1 N–H and O–H groups in total. The van der Waals surface area contributed by atoms with Crippen molar-refractivity contribution in [2.75, 3.05) is 17.4 Å². The van der Waals surface area contributed by atoms with Crippen molar-refractivity contribution in [1.82, 2.24) is 10.2 Å². The summed E-state index contributed by atoms with van der Waals surface area (Å²) in [6, 6.07) is 14.9. The molecule has 0 fully saturated rings. The first kappa shape index (κ1) is 30.4. The van der Waals surface area contributed by atoms with Crippen LogP contribution in [0.1, 0.15) is 31.4 Å². The third kappa shape index (κ3) is 7.50. The van der Waals surface area contributed by atoms with Crippen molar-refractivity contribution < 1.29 is 22.4 Å². The quantitative estimate of drug-likeness (QED) is 0.314. The maximum absolute atomic E-state index is 13.9. The van der Waals surface area contributed by atoms with Gasteiger partial charge in [0, 0.05) is 23.1 Å². The third-order valence-electron chi connectivity index (χ3n) is 6.10. The van der Waals surface area contributed by atoms with Gasteiger partial charge in [-0.25, -0.2) is 12.8 Å². The summed E-state index contributed by atoms with van der Waals surface area (Å²) < 4.78 is 42.2. The molecule has 208 valence electrons. The van der Waals surface area contributed by atoms with Crippen LogP contribution in [0.25, 0.3) is 0 Å². The molecule has 3 aromatic rings. The fourth-order valence-electron chi connectivity index (χ4n) is 4.02. The van der Waals surface area contributed by atoms with Crippen molar-refractivity contribution >= 4 is 50.7 Å². The number of likely N-dealkylation sites (N-methyl/N-ethyl adjacent to an activating group) is 1. The van der Waals surface area contributed by atoms with Gasteiger partial charge in [-0.1, -0.05) is 53.9 Å². The molecule has 0 unspecified atom stereocenters. The van der Waals surface area contributed by atoms with Crippen molar-refractivity contribution in [3.8, 4) is 0 Å². The first-order valence-corrected chi connectivity index (χ1v) is 14.5. The minimum Gasteiger partial charge on any atom is -0.355 e. The molecule has 0 aliphatic carbocycles. The van der Waals surface area contributed by atoms with Gasteiger partial charge in [-0.3, -0.25) is 13.9 Å². The number of nitrogens with zero attached hydrogens (tertiary/aromatic N) is 2. The average molecular weight is 595 g/mol. The summed E-state index contributed by atoms with van der Waals surface area (Å²) in [7, 11) is -4.24. The van der Waals surface area contributed by atoms with Crippen LogP contribution in [0.4, 0.5) is 10.1 Å². The molecule has 2 amide bonds. The molecular formula is C28H30Cl2FN3O4S. The molecular weight excluding hydrogens is 564 g/mol. The Bertz CT molecular complexity index is 1420. The van der Waals surface area contributed by atoms with Gasteiger partial charge in [0.15, 0.2) is 0 Å². The number of hydrogen-bond donors (Lipinski definition) is 1. The zero-order chi connectivity index (χ0) is 28.7. The van der Waals surface area contributed by atoms with Gasteiger partial charge in [-0.15, -0.1) is 0 Å². The van der Waals surface area contributed by atoms with E-state index in [4.69, 9.17) is 23.2 Å². The van der Waals surface area contributed by atoms with Crippen molar-refractivity contribution in [2.24, 2.45) is 0 Å². The van der Waals surface area contributed by atoms with Gasteiger partial charge in [-0.2, -0.15) is 0 Å². The highest BCUT2D eigenvalue weighted by Crippen LogP contribution is 2.27. The van der Waals surface area contributed by atoms with Crippen LogP contribution in [-0.4, -0.2) is 44.3 Å². The SMILES string of the molecule is CCNC(=O)[C@H](CC)N(Cc1ccc(Cl)cc1Cl)C(=O)CN(c1ccc(F)cc1)S(=O)(=O)c1ccc(C)cc1. The number of benzene rings is 3. The number of carbonyl (C=O) groups excluding carboxylic acids is 2. The summed E-state index contributed by atoms with van der Waals surface area (Å²) in [6.07, 6.45) is 0.268. The van der Waals surface area contributed by atoms with Crippen LogP contribution in [0.5, 0.6) is 0 Å². The van der Waals surface area contributed by atoms with Crippen molar-refractivity contribution in [3.63, 3.8) is 0 Å². The molecule has 0 saturated carbocycles. The summed E-state index contributed by atoms with van der Waals surface area (Å²) in [5.41, 5.74) is 1.49. The van der Waals surface area contributed by atoms with Crippen LogP contribution < -0.4 is 9.62 Å². The number of halogens is 3. The van der Waals surface area contributed by atoms with Crippen molar-refractivity contribution in [1.29, 1.82) is 0 Å². The summed E-state index contributed by atoms with van der Waals surface area (Å²) in [6.45, 7) is 4.99. The Hall–Kier alpha value is -3.14. The van der Waals surface area contributed by atoms with Crippen molar-refractivity contribution in [2.45, 2.75) is 44.7 Å². The number of hydrogen-bond acceptors (Lipinski definition) is 4. The normalized spacial score (nSPS) is 12.1. The number of carbonyl (C=O) groups is 2. The number of amides is 2. The van der Waals surface area contributed by atoms with Crippen LogP contribution in [0.3, 0.4) is 0 Å². The zero-order valence-electron chi connectivity index (χ0n) is 21.8. The first-order chi connectivity index (χ1) is 18.5. The number of sulfonamides is 1. The molecule has 0 radical (unpaired) electrons. The third-order valence-corrected chi connectivity index (χ3v) is 8.47. The lowest BCUT2D eigenvalue weighted by molar-refractivity contribution is -0.140. The van der Waals surface area contributed by atoms with E-state index in [-0.39, 0.29) is 29.5 Å². The van der Waals surface area contributed by atoms with Crippen LogP contribution in [0.15, 0.2) is 71.6 Å². The van der Waals surface area contributed by atoms with E-state index in [9.17, 15) is 22.4 Å². The molecule has 3 rings (SSSR count). The summed E-state index contributed by atoms with van der Waals surface area (Å²) in [5, 5.41) is 3.44. The van der Waals surface area contributed by atoms with Gasteiger partial charge in [0.05, 0.1) is 10.6 Å². The second-order valence-corrected chi connectivity index (χ2v) is 11.6. The Labute approximate surface area is 238 Å². The standard InChI is InChI=1S/C28H30Cl2FN3O4S/c1-4-26(28(36)32-5-2)33(17-20-8-9-21(29)16-25(20)30)27(35)18-34(23-12-10-22(31)11-13-23)39(37,38)24-14-6-19(3)7-15-24/h6-16,26H,4-5,17-18H2,1-3H3,(H,32,36)/t26-/m0/s1. The van der Waals surface area contributed by atoms with E-state index in [2.05, 4.69) is 5.32 Å². The van der Waals surface area contributed by atoms with Gasteiger partial charge in [0.1, 0.15) is 18.4 Å². The Morgan fingerprint density at radius 2 is 1.62 bits per heavy atom. The summed E-state index contributed by atoms with van der Waals surface area (Å²) in [4.78, 5) is 28.1. The minimum absolute atomic E-state index is 0.0340. The number of nitrogens with one attached hydrogen (secondary N) is 1. The van der Waals surface area contributed by atoms with Gasteiger partial charge >= 0.3 is 0 Å². The highest BCUT2D eigenvalue weighted by molar-refractivity contribution is 7.92. The Morgan fingerprint density at radius 1 is 0.974 bits per heavy atom. The fourth-order valence-corrected chi connectivity index (χ4v) is 5.90. The Morgan fingerprint density at radius 3 is 2.18 bits per heavy atom. The van der Waals surface area contributed by atoms with E-state index in [0.29, 0.717) is 22.2 Å². The number of anilines is 1. The molecule has 3 aromatic carbocycles. The monoisotopic (exact) mass is 593 g/mol. The lowest BCUT2D eigenvalue weighted by atomic mass is 10.1. The van der Waals surface area contributed by atoms with Crippen LogP contribution in [-0.2, 0) is 26.2 Å². The molecule has 0 saturated heterocycles. The number of rotatable bonds is 11. The highest BCUT2D eigenvalue weighted by Gasteiger charge is 2.33. The fraction of sp³-hybridized carbons (Fsp3) is 0.286. The van der Waals surface area contributed by atoms with Crippen LogP contribution in [0.2, 0.25) is 10.0 Å². The van der Waals surface area contributed by atoms with Gasteiger partial charge in [0.2, 0.25) is 11.8 Å². The Balaban J connectivity index is 2.07. The minimum atomic E-state index is -4.24. The average Bonchev–Trinajstić information content (AvgIpc) is 2.89. The van der Waals surface area contributed by atoms with Gasteiger partial charge < -0.3 is 10.2 Å². The van der Waals surface area contributed by atoms with Crippen LogP contribution >= 0.6 is 23.2 Å². The molecule has 7 nitrogen and oxygen atoms in total. The predicted octanol–water partition coefficient (Wildman–Crippen LogP) is 5.58. The molecule has 39 heavy (non-hydrogen) atoms. The van der Waals surface area contributed by atoms with E-state index >= 15 is 0 Å². The lowest BCUT2D eigenvalue weighted by Gasteiger charge is -2.33. The molecule has 0 spiro atoms. The molecule has 11 heteroatoms. The first-order valence-electron chi connectivity index (χ1n) is 12.3. The van der Waals surface area contributed by atoms with E-state index in [1.54, 1.807) is 38.1 Å². The van der Waals surface area contributed by atoms with Gasteiger partial charge in [0.25, 0.3) is 10.0 Å². The summed E-state index contributed by atoms with van der Waals surface area (Å²) >= 11 is 12.4. The van der Waals surface area contributed by atoms with Crippen LogP contribution in [0, 0.1) is 12.7 Å². The second-order valence-electron chi connectivity index (χ2n) is 8.88. The second kappa shape index (κ2) is 13.3. The lowest BCUT2D eigenvalue weighted by Crippen LogP contribution is -2.52. The maximum atomic E-state index is 13.9. The Kier molecular flexibility index (Phi) is 10.4. The molecule has 0 heterocycles.